The lowest BCUT2D eigenvalue weighted by molar-refractivity contribution is -0.383. The molecular formula is C13H16N4O4. The Bertz CT molecular complexity index is 572. The van der Waals surface area contributed by atoms with Crippen molar-refractivity contribution in [1.82, 2.24) is 5.32 Å². The molecule has 0 radical (unpaired) electrons. The summed E-state index contributed by atoms with van der Waals surface area (Å²) in [6.07, 6.45) is 0.825. The van der Waals surface area contributed by atoms with Crippen molar-refractivity contribution in [2.45, 2.75) is 13.3 Å². The summed E-state index contributed by atoms with van der Waals surface area (Å²) in [6, 6.07) is 4.82. The Morgan fingerprint density at radius 3 is 2.57 bits per heavy atom. The summed E-state index contributed by atoms with van der Waals surface area (Å²) in [7, 11) is 0. The lowest BCUT2D eigenvalue weighted by Crippen LogP contribution is -2.51. The monoisotopic (exact) mass is 292 g/mol. The van der Waals surface area contributed by atoms with Gasteiger partial charge in [-0.3, -0.25) is 25.0 Å². The Morgan fingerprint density at radius 2 is 2.00 bits per heavy atom. The maximum absolute atomic E-state index is 11.4. The van der Waals surface area contributed by atoms with E-state index in [-0.39, 0.29) is 24.5 Å². The number of nitrogens with one attached hydrogen (secondary N) is 2. The highest BCUT2D eigenvalue weighted by Gasteiger charge is 2.29. The zero-order valence-corrected chi connectivity index (χ0v) is 11.6. The van der Waals surface area contributed by atoms with Crippen molar-refractivity contribution >= 4 is 28.9 Å². The Balaban J connectivity index is 2.40. The molecule has 2 N–H and O–H groups in total. The Morgan fingerprint density at radius 1 is 1.33 bits per heavy atom. The summed E-state index contributed by atoms with van der Waals surface area (Å²) in [5, 5.41) is 16.5. The maximum atomic E-state index is 11.4. The molecule has 2 rings (SSSR count). The zero-order chi connectivity index (χ0) is 15.4. The van der Waals surface area contributed by atoms with Gasteiger partial charge < -0.3 is 10.2 Å². The van der Waals surface area contributed by atoms with Crippen LogP contribution in [0.2, 0.25) is 0 Å². The van der Waals surface area contributed by atoms with Gasteiger partial charge in [-0.1, -0.05) is 13.0 Å². The molecule has 1 saturated heterocycles. The molecule has 1 fully saturated rings. The number of imide groups is 1. The summed E-state index contributed by atoms with van der Waals surface area (Å²) in [5.74, 6) is -0.931. The van der Waals surface area contributed by atoms with E-state index in [9.17, 15) is 19.7 Å². The molecule has 112 valence electrons. The van der Waals surface area contributed by atoms with Crippen molar-refractivity contribution in [3.05, 3.63) is 28.3 Å². The third-order valence-corrected chi connectivity index (χ3v) is 3.05. The number of nitro groups is 1. The van der Waals surface area contributed by atoms with Gasteiger partial charge in [0.1, 0.15) is 11.4 Å². The molecule has 0 aliphatic carbocycles. The number of nitro benzene ring substituents is 1. The number of hydrogen-bond donors (Lipinski definition) is 2. The fraction of sp³-hybridized carbons (Fsp3) is 0.385. The fourth-order valence-electron chi connectivity index (χ4n) is 2.19. The number of nitrogens with zero attached hydrogens (tertiary/aromatic N) is 2. The van der Waals surface area contributed by atoms with Crippen molar-refractivity contribution in [2.75, 3.05) is 29.9 Å². The molecular weight excluding hydrogens is 276 g/mol. The maximum Gasteiger partial charge on any atom is 0.315 e. The van der Waals surface area contributed by atoms with Crippen molar-refractivity contribution in [3.8, 4) is 0 Å². The van der Waals surface area contributed by atoms with Crippen LogP contribution in [0.15, 0.2) is 18.2 Å². The minimum absolute atomic E-state index is 0.0796. The fourth-order valence-corrected chi connectivity index (χ4v) is 2.19. The van der Waals surface area contributed by atoms with Gasteiger partial charge in [-0.25, -0.2) is 0 Å². The minimum Gasteiger partial charge on any atom is -0.379 e. The van der Waals surface area contributed by atoms with Gasteiger partial charge in [-0.05, 0) is 18.6 Å². The van der Waals surface area contributed by atoms with Crippen LogP contribution >= 0.6 is 0 Å². The third-order valence-electron chi connectivity index (χ3n) is 3.05. The number of benzene rings is 1. The predicted molar refractivity (Wildman–Crippen MR) is 77.2 cm³/mol. The first-order valence-corrected chi connectivity index (χ1v) is 6.61. The van der Waals surface area contributed by atoms with Crippen LogP contribution < -0.4 is 15.5 Å². The number of hydrogen-bond acceptors (Lipinski definition) is 6. The number of carbonyl (C=O) groups excluding carboxylic acids is 2. The van der Waals surface area contributed by atoms with Gasteiger partial charge in [0.05, 0.1) is 18.0 Å². The van der Waals surface area contributed by atoms with E-state index in [1.54, 1.807) is 18.2 Å². The van der Waals surface area contributed by atoms with E-state index < -0.39 is 16.7 Å². The Hall–Kier alpha value is -2.64. The summed E-state index contributed by atoms with van der Waals surface area (Å²) in [5.41, 5.74) is 0.538. The Kier molecular flexibility index (Phi) is 4.36. The molecule has 0 saturated carbocycles. The van der Waals surface area contributed by atoms with Gasteiger partial charge in [-0.15, -0.1) is 0 Å². The van der Waals surface area contributed by atoms with E-state index in [2.05, 4.69) is 10.6 Å². The van der Waals surface area contributed by atoms with Crippen LogP contribution in [-0.4, -0.2) is 36.4 Å². The van der Waals surface area contributed by atoms with Crippen LogP contribution in [0, 0.1) is 10.1 Å². The summed E-state index contributed by atoms with van der Waals surface area (Å²) >= 11 is 0. The average Bonchev–Trinajstić information content (AvgIpc) is 2.43. The highest BCUT2D eigenvalue weighted by molar-refractivity contribution is 6.03. The molecule has 2 amide bonds. The van der Waals surface area contributed by atoms with Gasteiger partial charge in [0, 0.05) is 6.54 Å². The SMILES string of the molecule is CCCNc1cccc(N2CC(=O)NC(=O)C2)c1[N+](=O)[O-]. The van der Waals surface area contributed by atoms with Gasteiger partial charge in [-0.2, -0.15) is 0 Å². The molecule has 8 heteroatoms. The zero-order valence-electron chi connectivity index (χ0n) is 11.6. The summed E-state index contributed by atoms with van der Waals surface area (Å²) in [6.45, 7) is 2.40. The first-order chi connectivity index (χ1) is 10.0. The first-order valence-electron chi connectivity index (χ1n) is 6.61. The van der Waals surface area contributed by atoms with E-state index in [4.69, 9.17) is 0 Å². The van der Waals surface area contributed by atoms with Crippen LogP contribution in [0.25, 0.3) is 0 Å². The number of para-hydroxylation sites is 1. The number of amides is 2. The van der Waals surface area contributed by atoms with E-state index in [0.29, 0.717) is 12.2 Å². The smallest absolute Gasteiger partial charge is 0.315 e. The topological polar surface area (TPSA) is 105 Å². The average molecular weight is 292 g/mol. The van der Waals surface area contributed by atoms with Crippen molar-refractivity contribution in [3.63, 3.8) is 0 Å². The molecule has 1 heterocycles. The predicted octanol–water partition coefficient (Wildman–Crippen LogP) is 0.879. The second-order valence-electron chi connectivity index (χ2n) is 4.68. The van der Waals surface area contributed by atoms with Gasteiger partial charge in [0.25, 0.3) is 0 Å². The summed E-state index contributed by atoms with van der Waals surface area (Å²) in [4.78, 5) is 35.2. The van der Waals surface area contributed by atoms with Crippen molar-refractivity contribution in [1.29, 1.82) is 0 Å². The number of carbonyl (C=O) groups is 2. The van der Waals surface area contributed by atoms with E-state index in [0.717, 1.165) is 6.42 Å². The molecule has 1 aliphatic heterocycles. The molecule has 0 atom stereocenters. The Labute approximate surface area is 121 Å². The second kappa shape index (κ2) is 6.21. The molecule has 0 aromatic heterocycles. The van der Waals surface area contributed by atoms with Crippen LogP contribution in [0.5, 0.6) is 0 Å². The van der Waals surface area contributed by atoms with Gasteiger partial charge in [0.2, 0.25) is 11.8 Å². The van der Waals surface area contributed by atoms with Crippen LogP contribution in [0.1, 0.15) is 13.3 Å². The van der Waals surface area contributed by atoms with Crippen LogP contribution in [0.4, 0.5) is 17.1 Å². The highest BCUT2D eigenvalue weighted by atomic mass is 16.6. The van der Waals surface area contributed by atoms with E-state index in [1.165, 1.54) is 4.90 Å². The molecule has 0 bridgehead atoms. The molecule has 1 aromatic rings. The first kappa shape index (κ1) is 14.8. The molecule has 1 aromatic carbocycles. The number of rotatable bonds is 5. The normalized spacial score (nSPS) is 14.8. The van der Waals surface area contributed by atoms with Gasteiger partial charge >= 0.3 is 5.69 Å². The van der Waals surface area contributed by atoms with E-state index >= 15 is 0 Å². The van der Waals surface area contributed by atoms with Crippen molar-refractivity contribution < 1.29 is 14.5 Å². The second-order valence-corrected chi connectivity index (χ2v) is 4.68. The van der Waals surface area contributed by atoms with Crippen LogP contribution in [-0.2, 0) is 9.59 Å². The lowest BCUT2D eigenvalue weighted by Gasteiger charge is -2.27. The number of piperazine rings is 1. The molecule has 0 unspecified atom stereocenters. The summed E-state index contributed by atoms with van der Waals surface area (Å²) < 4.78 is 0. The largest absolute Gasteiger partial charge is 0.379 e. The minimum atomic E-state index is -0.496. The quantitative estimate of drug-likeness (QED) is 0.474. The van der Waals surface area contributed by atoms with Crippen molar-refractivity contribution in [2.24, 2.45) is 0 Å². The lowest BCUT2D eigenvalue weighted by atomic mass is 10.2. The third kappa shape index (κ3) is 3.28. The molecule has 8 nitrogen and oxygen atoms in total. The van der Waals surface area contributed by atoms with E-state index in [1.807, 2.05) is 6.92 Å². The van der Waals surface area contributed by atoms with Gasteiger partial charge in [0.15, 0.2) is 0 Å². The number of anilines is 2. The van der Waals surface area contributed by atoms with Crippen LogP contribution in [0.3, 0.4) is 0 Å². The molecule has 0 spiro atoms. The standard InChI is InChI=1S/C13H16N4O4/c1-2-6-14-9-4-3-5-10(13(9)17(20)21)16-7-11(18)15-12(19)8-16/h3-5,14H,2,6-8H2,1H3,(H,15,18,19). The highest BCUT2D eigenvalue weighted by Crippen LogP contribution is 2.35. The molecule has 21 heavy (non-hydrogen) atoms. The molecule has 1 aliphatic rings.